The zero-order chi connectivity index (χ0) is 22.8. The van der Waals surface area contributed by atoms with Crippen LogP contribution in [0.2, 0.25) is 0 Å². The van der Waals surface area contributed by atoms with Crippen LogP contribution in [0.4, 0.5) is 0 Å². The van der Waals surface area contributed by atoms with Crippen molar-refractivity contribution >= 4 is 11.3 Å². The molecule has 0 bridgehead atoms. The van der Waals surface area contributed by atoms with Gasteiger partial charge in [-0.15, -0.1) is 5.10 Å². The van der Waals surface area contributed by atoms with E-state index < -0.39 is 17.4 Å². The third-order valence-electron chi connectivity index (χ3n) is 6.86. The average Bonchev–Trinajstić information content (AvgIpc) is 3.43. The Morgan fingerprint density at radius 1 is 1.12 bits per heavy atom. The van der Waals surface area contributed by atoms with Gasteiger partial charge in [-0.3, -0.25) is 9.45 Å². The summed E-state index contributed by atoms with van der Waals surface area (Å²) in [5, 5.41) is 19.4. The van der Waals surface area contributed by atoms with Crippen LogP contribution in [0.15, 0.2) is 54.7 Å². The Morgan fingerprint density at radius 2 is 1.94 bits per heavy atom. The minimum absolute atomic E-state index is 0.0978. The summed E-state index contributed by atoms with van der Waals surface area (Å²) in [5.41, 5.74) is 5.41. The highest BCUT2D eigenvalue weighted by Crippen LogP contribution is 2.38. The van der Waals surface area contributed by atoms with Gasteiger partial charge in [0.15, 0.2) is 0 Å². The summed E-state index contributed by atoms with van der Waals surface area (Å²) < 4.78 is 24.2. The fourth-order valence-corrected chi connectivity index (χ4v) is 5.38. The number of rotatable bonds is 7. The highest BCUT2D eigenvalue weighted by atomic mass is 32.2. The number of benzene rings is 2. The molecule has 5 rings (SSSR count). The number of hydrogen-bond acceptors (Lipinski definition) is 5. The van der Waals surface area contributed by atoms with Crippen LogP contribution in [-0.4, -0.2) is 46.9 Å². The molecule has 3 aromatic rings. The van der Waals surface area contributed by atoms with Crippen LogP contribution in [0.5, 0.6) is 0 Å². The number of aromatic nitrogens is 3. The van der Waals surface area contributed by atoms with Crippen molar-refractivity contribution in [1.29, 1.82) is 0 Å². The number of aliphatic hydroxyl groups excluding tert-OH is 1. The van der Waals surface area contributed by atoms with Gasteiger partial charge in [-0.25, -0.2) is 13.6 Å². The van der Waals surface area contributed by atoms with E-state index in [1.54, 1.807) is 0 Å². The van der Waals surface area contributed by atoms with Crippen molar-refractivity contribution < 1.29 is 13.9 Å². The van der Waals surface area contributed by atoms with Crippen LogP contribution in [0.25, 0.3) is 0 Å². The van der Waals surface area contributed by atoms with E-state index in [-0.39, 0.29) is 6.04 Å². The zero-order valence-electron chi connectivity index (χ0n) is 18.4. The van der Waals surface area contributed by atoms with Gasteiger partial charge in [0.25, 0.3) is 0 Å². The molecule has 33 heavy (non-hydrogen) atoms. The molecule has 0 spiro atoms. The molecule has 1 fully saturated rings. The minimum atomic E-state index is -2.00. The molecule has 0 saturated carbocycles. The molecular formula is C24H29N5O3S. The van der Waals surface area contributed by atoms with Gasteiger partial charge in [0.2, 0.25) is 11.3 Å². The summed E-state index contributed by atoms with van der Waals surface area (Å²) >= 11 is -2.00. The predicted octanol–water partition coefficient (Wildman–Crippen LogP) is 2.71. The molecule has 1 unspecified atom stereocenters. The monoisotopic (exact) mass is 467 g/mol. The molecule has 1 saturated heterocycles. The number of likely N-dealkylation sites (tertiary alicyclic amines) is 1. The van der Waals surface area contributed by atoms with Gasteiger partial charge in [-0.1, -0.05) is 53.7 Å². The lowest BCUT2D eigenvalue weighted by molar-refractivity contribution is 0.120. The number of hydrogen-bond donors (Lipinski definition) is 3. The molecule has 1 aromatic heterocycles. The van der Waals surface area contributed by atoms with Gasteiger partial charge in [-0.05, 0) is 60.5 Å². The molecule has 2 heterocycles. The average molecular weight is 468 g/mol. The van der Waals surface area contributed by atoms with Gasteiger partial charge in [0.1, 0.15) is 6.10 Å². The second-order valence-electron chi connectivity index (χ2n) is 8.97. The van der Waals surface area contributed by atoms with Gasteiger partial charge < -0.3 is 5.11 Å². The summed E-state index contributed by atoms with van der Waals surface area (Å²) in [6, 6.07) is 16.2. The molecule has 1 aliphatic heterocycles. The van der Waals surface area contributed by atoms with Crippen molar-refractivity contribution in [1.82, 2.24) is 24.6 Å². The van der Waals surface area contributed by atoms with Crippen molar-refractivity contribution in [3.05, 3.63) is 82.7 Å². The lowest BCUT2D eigenvalue weighted by Crippen LogP contribution is -2.32. The van der Waals surface area contributed by atoms with Crippen molar-refractivity contribution in [3.8, 4) is 0 Å². The molecule has 8 nitrogen and oxygen atoms in total. The molecule has 0 radical (unpaired) electrons. The first kappa shape index (κ1) is 22.4. The van der Waals surface area contributed by atoms with Crippen LogP contribution in [-0.2, 0) is 30.8 Å². The lowest BCUT2D eigenvalue weighted by atomic mass is 9.88. The second kappa shape index (κ2) is 9.82. The SMILES string of the molecule is O=S(O)NCc1cccc(C2CCN(Cc3cn([C@@H]4Cc5ccccc5[C@H]4O)nn3)CC2)c1. The fraction of sp³-hybridized carbons (Fsp3) is 0.417. The minimum Gasteiger partial charge on any atom is -0.386 e. The van der Waals surface area contributed by atoms with E-state index in [0.717, 1.165) is 55.7 Å². The standard InChI is InChI=1S/C24H29N5O3S/c30-24-22-7-2-1-5-20(22)13-23(24)29-16-21(26-27-29)15-28-10-8-18(9-11-28)19-6-3-4-17(12-19)14-25-33(31)32/h1-7,12,16,18,23-25,30H,8-11,13-15H2,(H,31,32)/t23-,24-/m1/s1. The number of aliphatic hydroxyl groups is 1. The topological polar surface area (TPSA) is 104 Å². The Bertz CT molecular complexity index is 1130. The third kappa shape index (κ3) is 5.07. The van der Waals surface area contributed by atoms with E-state index in [1.807, 2.05) is 41.2 Å². The second-order valence-corrected chi connectivity index (χ2v) is 9.76. The summed E-state index contributed by atoms with van der Waals surface area (Å²) in [6.45, 7) is 3.11. The summed E-state index contributed by atoms with van der Waals surface area (Å²) in [6.07, 6.45) is 4.33. The largest absolute Gasteiger partial charge is 0.386 e. The van der Waals surface area contributed by atoms with Crippen molar-refractivity contribution in [2.75, 3.05) is 13.1 Å². The molecule has 9 heteroatoms. The number of piperidine rings is 1. The van der Waals surface area contributed by atoms with Gasteiger partial charge >= 0.3 is 0 Å². The highest BCUT2D eigenvalue weighted by molar-refractivity contribution is 7.77. The van der Waals surface area contributed by atoms with Crippen molar-refractivity contribution in [3.63, 3.8) is 0 Å². The molecule has 3 N–H and O–H groups in total. The molecule has 174 valence electrons. The molecule has 0 amide bonds. The highest BCUT2D eigenvalue weighted by Gasteiger charge is 2.33. The first-order valence-corrected chi connectivity index (χ1v) is 12.5. The van der Waals surface area contributed by atoms with Gasteiger partial charge in [0, 0.05) is 13.1 Å². The Hall–Kier alpha value is -2.43. The van der Waals surface area contributed by atoms with E-state index in [9.17, 15) is 9.32 Å². The Balaban J connectivity index is 1.16. The Morgan fingerprint density at radius 3 is 2.73 bits per heavy atom. The van der Waals surface area contributed by atoms with E-state index in [0.29, 0.717) is 12.5 Å². The van der Waals surface area contributed by atoms with Crippen LogP contribution in [0.1, 0.15) is 58.9 Å². The smallest absolute Gasteiger partial charge is 0.232 e. The van der Waals surface area contributed by atoms with E-state index in [4.69, 9.17) is 4.55 Å². The first-order chi connectivity index (χ1) is 16.1. The third-order valence-corrected chi connectivity index (χ3v) is 7.25. The molecular weight excluding hydrogens is 438 g/mol. The molecule has 2 aromatic carbocycles. The molecule has 3 atom stereocenters. The first-order valence-electron chi connectivity index (χ1n) is 11.4. The zero-order valence-corrected chi connectivity index (χ0v) is 19.2. The van der Waals surface area contributed by atoms with Crippen LogP contribution >= 0.6 is 0 Å². The normalized spacial score (nSPS) is 22.4. The molecule has 2 aliphatic rings. The van der Waals surface area contributed by atoms with Gasteiger partial charge in [-0.2, -0.15) is 0 Å². The summed E-state index contributed by atoms with van der Waals surface area (Å²) in [7, 11) is 0. The predicted molar refractivity (Wildman–Crippen MR) is 125 cm³/mol. The van der Waals surface area contributed by atoms with Crippen LogP contribution in [0.3, 0.4) is 0 Å². The summed E-state index contributed by atoms with van der Waals surface area (Å²) in [5.74, 6) is 0.489. The van der Waals surface area contributed by atoms with Crippen LogP contribution < -0.4 is 4.72 Å². The number of nitrogens with zero attached hydrogens (tertiary/aromatic N) is 4. The number of nitrogens with one attached hydrogen (secondary N) is 1. The number of fused-ring (bicyclic) bond motifs is 1. The van der Waals surface area contributed by atoms with E-state index in [1.165, 1.54) is 11.1 Å². The maximum Gasteiger partial charge on any atom is 0.232 e. The maximum absolute atomic E-state index is 10.9. The lowest BCUT2D eigenvalue weighted by Gasteiger charge is -2.31. The van der Waals surface area contributed by atoms with Crippen molar-refractivity contribution in [2.45, 2.75) is 50.4 Å². The molecule has 1 aliphatic carbocycles. The Labute approximate surface area is 196 Å². The van der Waals surface area contributed by atoms with Gasteiger partial charge in [0.05, 0.1) is 17.9 Å². The fourth-order valence-electron chi connectivity index (χ4n) is 5.09. The van der Waals surface area contributed by atoms with E-state index >= 15 is 0 Å². The maximum atomic E-state index is 10.9. The van der Waals surface area contributed by atoms with Crippen molar-refractivity contribution in [2.24, 2.45) is 0 Å². The van der Waals surface area contributed by atoms with Crippen LogP contribution in [0, 0.1) is 0 Å². The van der Waals surface area contributed by atoms with E-state index in [2.05, 4.69) is 38.1 Å². The summed E-state index contributed by atoms with van der Waals surface area (Å²) in [4.78, 5) is 2.41. The quantitative estimate of drug-likeness (QED) is 0.462. The Kier molecular flexibility index (Phi) is 6.66.